The second kappa shape index (κ2) is 6.31. The van der Waals surface area contributed by atoms with Crippen LogP contribution in [-0.2, 0) is 15.7 Å². The summed E-state index contributed by atoms with van der Waals surface area (Å²) in [6, 6.07) is 15.3. The van der Waals surface area contributed by atoms with Crippen molar-refractivity contribution in [3.05, 3.63) is 59.0 Å². The Labute approximate surface area is 171 Å². The SMILES string of the molecule is CC1(C)OB(c2cccc(-c3cccc4c5c(sc34)C=CCC5)c2)OC1(C)C. The van der Waals surface area contributed by atoms with E-state index in [2.05, 4.69) is 82.3 Å². The van der Waals surface area contributed by atoms with Gasteiger partial charge in [0.25, 0.3) is 0 Å². The highest BCUT2D eigenvalue weighted by Crippen LogP contribution is 2.41. The van der Waals surface area contributed by atoms with Gasteiger partial charge in [-0.15, -0.1) is 11.3 Å². The van der Waals surface area contributed by atoms with E-state index in [-0.39, 0.29) is 18.3 Å². The third-order valence-electron chi connectivity index (χ3n) is 6.40. The van der Waals surface area contributed by atoms with Crippen molar-refractivity contribution in [3.8, 4) is 11.1 Å². The predicted octanol–water partition coefficient (Wildman–Crippen LogP) is 5.83. The topological polar surface area (TPSA) is 18.5 Å². The number of fused-ring (bicyclic) bond motifs is 3. The van der Waals surface area contributed by atoms with Gasteiger partial charge in [0.1, 0.15) is 0 Å². The number of thiophene rings is 1. The van der Waals surface area contributed by atoms with E-state index in [4.69, 9.17) is 9.31 Å². The van der Waals surface area contributed by atoms with E-state index < -0.39 is 0 Å². The lowest BCUT2D eigenvalue weighted by atomic mass is 9.78. The van der Waals surface area contributed by atoms with Crippen LogP contribution in [0.5, 0.6) is 0 Å². The van der Waals surface area contributed by atoms with Crippen LogP contribution >= 0.6 is 11.3 Å². The molecule has 2 nitrogen and oxygen atoms in total. The minimum absolute atomic E-state index is 0.327. The summed E-state index contributed by atoms with van der Waals surface area (Å²) in [6.45, 7) is 8.39. The first-order chi connectivity index (χ1) is 13.4. The third kappa shape index (κ3) is 2.78. The van der Waals surface area contributed by atoms with Crippen molar-refractivity contribution in [1.29, 1.82) is 0 Å². The smallest absolute Gasteiger partial charge is 0.399 e. The van der Waals surface area contributed by atoms with Crippen molar-refractivity contribution in [3.63, 3.8) is 0 Å². The standard InChI is InChI=1S/C24H25BO2S/c1-23(2)24(3,4)27-25(26-23)17-10-7-9-16(15-17)18-12-8-13-20-19-11-5-6-14-21(19)28-22(18)20/h6-10,12-15H,5,11H2,1-4H3. The Morgan fingerprint density at radius 2 is 1.71 bits per heavy atom. The summed E-state index contributed by atoms with van der Waals surface area (Å²) >= 11 is 1.91. The van der Waals surface area contributed by atoms with Gasteiger partial charge in [0.2, 0.25) is 0 Å². The van der Waals surface area contributed by atoms with E-state index in [0.29, 0.717) is 0 Å². The first-order valence-corrected chi connectivity index (χ1v) is 10.8. The molecule has 0 bridgehead atoms. The average Bonchev–Trinajstić information content (AvgIpc) is 3.15. The molecule has 0 saturated carbocycles. The van der Waals surface area contributed by atoms with Crippen LogP contribution in [0.3, 0.4) is 0 Å². The lowest BCUT2D eigenvalue weighted by Crippen LogP contribution is -2.41. The quantitative estimate of drug-likeness (QED) is 0.515. The van der Waals surface area contributed by atoms with E-state index in [9.17, 15) is 0 Å². The van der Waals surface area contributed by atoms with Crippen LogP contribution in [0, 0.1) is 0 Å². The van der Waals surface area contributed by atoms with Gasteiger partial charge in [-0.05, 0) is 74.2 Å². The molecule has 0 unspecified atom stereocenters. The van der Waals surface area contributed by atoms with Gasteiger partial charge in [0.15, 0.2) is 0 Å². The van der Waals surface area contributed by atoms with Crippen molar-refractivity contribution in [2.45, 2.75) is 51.7 Å². The fourth-order valence-corrected chi connectivity index (χ4v) is 5.38. The molecule has 28 heavy (non-hydrogen) atoms. The fourth-order valence-electron chi connectivity index (χ4n) is 4.06. The highest BCUT2D eigenvalue weighted by molar-refractivity contribution is 7.20. The maximum atomic E-state index is 6.27. The van der Waals surface area contributed by atoms with Gasteiger partial charge in [-0.1, -0.05) is 48.5 Å². The molecule has 2 aromatic carbocycles. The number of allylic oxidation sites excluding steroid dienone is 1. The minimum atomic E-state index is -0.330. The van der Waals surface area contributed by atoms with Crippen molar-refractivity contribution < 1.29 is 9.31 Å². The molecule has 0 spiro atoms. The highest BCUT2D eigenvalue weighted by Gasteiger charge is 2.51. The van der Waals surface area contributed by atoms with Gasteiger partial charge in [-0.3, -0.25) is 0 Å². The molecular weight excluding hydrogens is 363 g/mol. The Balaban J connectivity index is 1.58. The van der Waals surface area contributed by atoms with Gasteiger partial charge < -0.3 is 9.31 Å². The maximum absolute atomic E-state index is 6.27. The normalized spacial score (nSPS) is 19.9. The van der Waals surface area contributed by atoms with Crippen molar-refractivity contribution in [2.75, 3.05) is 0 Å². The van der Waals surface area contributed by atoms with Crippen molar-refractivity contribution >= 4 is 40.1 Å². The summed E-state index contributed by atoms with van der Waals surface area (Å²) in [7, 11) is -0.330. The van der Waals surface area contributed by atoms with Crippen LogP contribution in [0.2, 0.25) is 0 Å². The van der Waals surface area contributed by atoms with E-state index in [0.717, 1.165) is 18.3 Å². The summed E-state index contributed by atoms with van der Waals surface area (Å²) in [4.78, 5) is 1.41. The van der Waals surface area contributed by atoms with Gasteiger partial charge in [0.05, 0.1) is 11.2 Å². The molecule has 5 rings (SSSR count). The Hall–Kier alpha value is -1.88. The number of aryl methyl sites for hydroxylation is 1. The Morgan fingerprint density at radius 1 is 0.964 bits per heavy atom. The molecule has 1 saturated heterocycles. The van der Waals surface area contributed by atoms with Crippen LogP contribution < -0.4 is 5.46 Å². The van der Waals surface area contributed by atoms with Gasteiger partial charge in [0, 0.05) is 9.58 Å². The molecular formula is C24H25BO2S. The van der Waals surface area contributed by atoms with Crippen LogP contribution in [0.4, 0.5) is 0 Å². The fraction of sp³-hybridized carbons (Fsp3) is 0.333. The van der Waals surface area contributed by atoms with E-state index in [1.165, 1.54) is 31.7 Å². The monoisotopic (exact) mass is 388 g/mol. The van der Waals surface area contributed by atoms with Crippen LogP contribution in [0.1, 0.15) is 44.6 Å². The molecule has 142 valence electrons. The van der Waals surface area contributed by atoms with Crippen molar-refractivity contribution in [1.82, 2.24) is 0 Å². The number of rotatable bonds is 2. The second-order valence-corrected chi connectivity index (χ2v) is 9.83. The van der Waals surface area contributed by atoms with Crippen LogP contribution in [0.25, 0.3) is 27.3 Å². The molecule has 0 N–H and O–H groups in total. The van der Waals surface area contributed by atoms with Crippen molar-refractivity contribution in [2.24, 2.45) is 0 Å². The van der Waals surface area contributed by atoms with Crippen LogP contribution in [0.15, 0.2) is 48.5 Å². The van der Waals surface area contributed by atoms with Crippen LogP contribution in [-0.4, -0.2) is 18.3 Å². The molecule has 0 radical (unpaired) electrons. The molecule has 1 aliphatic heterocycles. The van der Waals surface area contributed by atoms with Gasteiger partial charge >= 0.3 is 7.12 Å². The van der Waals surface area contributed by atoms with E-state index in [1.807, 2.05) is 11.3 Å². The zero-order valence-electron chi connectivity index (χ0n) is 16.9. The molecule has 2 aliphatic rings. The first-order valence-electron chi connectivity index (χ1n) is 10.0. The van der Waals surface area contributed by atoms with Gasteiger partial charge in [-0.2, -0.15) is 0 Å². The molecule has 2 heterocycles. The molecule has 0 amide bonds. The highest BCUT2D eigenvalue weighted by atomic mass is 32.1. The lowest BCUT2D eigenvalue weighted by molar-refractivity contribution is 0.00578. The predicted molar refractivity (Wildman–Crippen MR) is 120 cm³/mol. The number of benzene rings is 2. The largest absolute Gasteiger partial charge is 0.494 e. The first kappa shape index (κ1) is 18.2. The Kier molecular flexibility index (Phi) is 4.10. The van der Waals surface area contributed by atoms with Gasteiger partial charge in [-0.25, -0.2) is 0 Å². The molecule has 4 heteroatoms. The second-order valence-electron chi connectivity index (χ2n) is 8.78. The summed E-state index contributed by atoms with van der Waals surface area (Å²) in [5.74, 6) is 0. The summed E-state index contributed by atoms with van der Waals surface area (Å²) in [6.07, 6.45) is 6.86. The summed E-state index contributed by atoms with van der Waals surface area (Å²) in [5, 5.41) is 1.41. The summed E-state index contributed by atoms with van der Waals surface area (Å²) in [5.41, 5.74) is 4.45. The van der Waals surface area contributed by atoms with E-state index in [1.54, 1.807) is 0 Å². The minimum Gasteiger partial charge on any atom is -0.399 e. The van der Waals surface area contributed by atoms with E-state index >= 15 is 0 Å². The number of hydrogen-bond donors (Lipinski definition) is 0. The zero-order chi connectivity index (χ0) is 19.5. The molecule has 3 aromatic rings. The average molecular weight is 388 g/mol. The maximum Gasteiger partial charge on any atom is 0.494 e. The molecule has 0 atom stereocenters. The lowest BCUT2D eigenvalue weighted by Gasteiger charge is -2.32. The Morgan fingerprint density at radius 3 is 2.50 bits per heavy atom. The Bertz CT molecular complexity index is 1080. The number of hydrogen-bond acceptors (Lipinski definition) is 3. The third-order valence-corrected chi connectivity index (χ3v) is 7.65. The summed E-state index contributed by atoms with van der Waals surface area (Å²) < 4.78 is 13.9. The zero-order valence-corrected chi connectivity index (χ0v) is 17.7. The molecule has 1 aromatic heterocycles. The molecule has 1 aliphatic carbocycles. The molecule has 1 fully saturated rings.